The molecule has 4 N–H and O–H groups in total. The molecule has 188 valence electrons. The van der Waals surface area contributed by atoms with E-state index in [2.05, 4.69) is 23.2 Å². The maximum absolute atomic E-state index is 11.6. The highest BCUT2D eigenvalue weighted by atomic mass is 32.2. The second-order valence-corrected chi connectivity index (χ2v) is 8.65. The van der Waals surface area contributed by atoms with Crippen LogP contribution in [0.25, 0.3) is 11.0 Å². The molecule has 12 heteroatoms. The van der Waals surface area contributed by atoms with Gasteiger partial charge in [0.2, 0.25) is 0 Å². The number of aliphatic carboxylic acids is 1. The van der Waals surface area contributed by atoms with E-state index in [1.165, 1.54) is 12.0 Å². The molecule has 35 heavy (non-hydrogen) atoms. The average Bonchev–Trinajstić information content (AvgIpc) is 3.27. The number of rotatable bonds is 6. The van der Waals surface area contributed by atoms with E-state index >= 15 is 0 Å². The van der Waals surface area contributed by atoms with Gasteiger partial charge in [-0.15, -0.1) is 0 Å². The first-order valence-corrected chi connectivity index (χ1v) is 11.3. The standard InChI is InChI=1S/C21H23N3O3S.C2HF3O2/c1-14-12-24(8-7-23-14)13-16-11-17(10-15-6-9-26-20(15)16)28-27-19-5-3-2-4-18(19)21(22)25;3-2(4,5)1(6)7/h2-6,9-11,14,23H,7-8,12-13H2,1H3,(H2,22,25);(H,6,7). The van der Waals surface area contributed by atoms with Crippen molar-refractivity contribution in [3.63, 3.8) is 0 Å². The Bertz CT molecular complexity index is 1180. The number of nitrogens with two attached hydrogens (primary N) is 1. The number of furan rings is 1. The smallest absolute Gasteiger partial charge is 0.475 e. The molecule has 0 radical (unpaired) electrons. The largest absolute Gasteiger partial charge is 0.490 e. The van der Waals surface area contributed by atoms with Crippen LogP contribution in [0.3, 0.4) is 0 Å². The molecule has 1 aliphatic rings. The molecule has 1 fully saturated rings. The van der Waals surface area contributed by atoms with Gasteiger partial charge in [0.15, 0.2) is 5.75 Å². The van der Waals surface area contributed by atoms with Gasteiger partial charge in [-0.1, -0.05) is 12.1 Å². The van der Waals surface area contributed by atoms with Crippen molar-refractivity contribution >= 4 is 34.9 Å². The molecule has 1 unspecified atom stereocenters. The number of carboxylic acids is 1. The van der Waals surface area contributed by atoms with E-state index < -0.39 is 18.1 Å². The van der Waals surface area contributed by atoms with Gasteiger partial charge in [0.1, 0.15) is 5.58 Å². The minimum absolute atomic E-state index is 0.370. The predicted octanol–water partition coefficient (Wildman–Crippen LogP) is 4.04. The van der Waals surface area contributed by atoms with Gasteiger partial charge >= 0.3 is 12.1 Å². The number of primary amides is 1. The first kappa shape index (κ1) is 26.4. The lowest BCUT2D eigenvalue weighted by atomic mass is 10.1. The Kier molecular flexibility index (Phi) is 8.65. The molecule has 0 bridgehead atoms. The second kappa shape index (κ2) is 11.5. The van der Waals surface area contributed by atoms with E-state index in [1.54, 1.807) is 24.5 Å². The van der Waals surface area contributed by atoms with Crippen LogP contribution in [0.5, 0.6) is 5.75 Å². The summed E-state index contributed by atoms with van der Waals surface area (Å²) in [4.78, 5) is 23.9. The quantitative estimate of drug-likeness (QED) is 0.425. The van der Waals surface area contributed by atoms with Crippen molar-refractivity contribution in [2.75, 3.05) is 19.6 Å². The number of benzene rings is 2. The lowest BCUT2D eigenvalue weighted by molar-refractivity contribution is -0.192. The molecule has 1 saturated heterocycles. The van der Waals surface area contributed by atoms with Crippen molar-refractivity contribution in [3.8, 4) is 5.75 Å². The molecule has 1 amide bonds. The lowest BCUT2D eigenvalue weighted by Gasteiger charge is -2.31. The topological polar surface area (TPSA) is 118 Å². The van der Waals surface area contributed by atoms with Crippen molar-refractivity contribution in [2.45, 2.75) is 30.6 Å². The maximum Gasteiger partial charge on any atom is 0.490 e. The lowest BCUT2D eigenvalue weighted by Crippen LogP contribution is -2.48. The molecule has 1 atom stereocenters. The molecule has 0 saturated carbocycles. The van der Waals surface area contributed by atoms with E-state index in [9.17, 15) is 18.0 Å². The number of piperazine rings is 1. The van der Waals surface area contributed by atoms with Gasteiger partial charge in [-0.05, 0) is 37.3 Å². The van der Waals surface area contributed by atoms with E-state index in [0.717, 1.165) is 47.6 Å². The Morgan fingerprint density at radius 1 is 1.29 bits per heavy atom. The number of nitrogens with one attached hydrogen (secondary N) is 1. The van der Waals surface area contributed by atoms with Crippen molar-refractivity contribution in [1.82, 2.24) is 10.2 Å². The minimum atomic E-state index is -5.08. The van der Waals surface area contributed by atoms with Gasteiger partial charge < -0.3 is 24.8 Å². The SMILES string of the molecule is CC1CN(Cc2cc(SOc3ccccc3C(N)=O)cc3ccoc23)CCN1.O=C(O)C(F)(F)F. The molecule has 2 aromatic carbocycles. The molecule has 1 aromatic heterocycles. The van der Waals surface area contributed by atoms with Crippen LogP contribution in [-0.2, 0) is 11.3 Å². The number of halogens is 3. The van der Waals surface area contributed by atoms with Gasteiger partial charge in [0.05, 0.1) is 23.9 Å². The highest BCUT2D eigenvalue weighted by Gasteiger charge is 2.38. The van der Waals surface area contributed by atoms with Crippen LogP contribution in [0, 0.1) is 0 Å². The summed E-state index contributed by atoms with van der Waals surface area (Å²) in [5.41, 5.74) is 7.84. The Morgan fingerprint density at radius 2 is 2.00 bits per heavy atom. The van der Waals surface area contributed by atoms with E-state index in [1.807, 2.05) is 18.2 Å². The Balaban J connectivity index is 0.000000429. The van der Waals surface area contributed by atoms with Crippen LogP contribution in [0.15, 0.2) is 58.0 Å². The van der Waals surface area contributed by atoms with Gasteiger partial charge in [0.25, 0.3) is 5.91 Å². The van der Waals surface area contributed by atoms with Crippen LogP contribution in [0.2, 0.25) is 0 Å². The molecule has 0 spiro atoms. The third-order valence-electron chi connectivity index (χ3n) is 5.07. The zero-order valence-corrected chi connectivity index (χ0v) is 19.5. The molecule has 3 aromatic rings. The molecule has 2 heterocycles. The van der Waals surface area contributed by atoms with Crippen molar-refractivity contribution in [3.05, 3.63) is 59.9 Å². The van der Waals surface area contributed by atoms with Crippen LogP contribution in [-0.4, -0.2) is 53.7 Å². The van der Waals surface area contributed by atoms with Gasteiger partial charge in [-0.3, -0.25) is 9.69 Å². The summed E-state index contributed by atoms with van der Waals surface area (Å²) in [6, 6.07) is 13.5. The van der Waals surface area contributed by atoms with Gasteiger partial charge in [-0.25, -0.2) is 4.79 Å². The predicted molar refractivity (Wildman–Crippen MR) is 124 cm³/mol. The summed E-state index contributed by atoms with van der Waals surface area (Å²) in [6.07, 6.45) is -3.37. The second-order valence-electron chi connectivity index (χ2n) is 7.84. The molecule has 8 nitrogen and oxygen atoms in total. The summed E-state index contributed by atoms with van der Waals surface area (Å²) < 4.78 is 43.3. The average molecular weight is 512 g/mol. The molecule has 0 aliphatic carbocycles. The van der Waals surface area contributed by atoms with Crippen molar-refractivity contribution < 1.29 is 36.5 Å². The Hall–Kier alpha value is -3.22. The minimum Gasteiger partial charge on any atom is -0.475 e. The number of hydrogen-bond acceptors (Lipinski definition) is 7. The Labute approximate surface area is 203 Å². The fraction of sp³-hybridized carbons (Fsp3) is 0.304. The summed E-state index contributed by atoms with van der Waals surface area (Å²) >= 11 is 1.22. The Morgan fingerprint density at radius 3 is 2.66 bits per heavy atom. The van der Waals surface area contributed by atoms with E-state index in [-0.39, 0.29) is 0 Å². The highest BCUT2D eigenvalue weighted by Crippen LogP contribution is 2.32. The van der Waals surface area contributed by atoms with E-state index in [4.69, 9.17) is 24.2 Å². The number of amides is 1. The molecular formula is C23H24F3N3O5S. The number of carbonyl (C=O) groups excluding carboxylic acids is 1. The van der Waals surface area contributed by atoms with Crippen molar-refractivity contribution in [2.24, 2.45) is 5.73 Å². The monoisotopic (exact) mass is 511 g/mol. The number of fused-ring (bicyclic) bond motifs is 1. The van der Waals surface area contributed by atoms with Gasteiger partial charge in [-0.2, -0.15) is 13.2 Å². The maximum atomic E-state index is 11.6. The highest BCUT2D eigenvalue weighted by molar-refractivity contribution is 7.95. The van der Waals surface area contributed by atoms with E-state index in [0.29, 0.717) is 17.4 Å². The fourth-order valence-electron chi connectivity index (χ4n) is 3.52. The third-order valence-corrected chi connectivity index (χ3v) is 5.76. The number of nitrogens with zero attached hydrogens (tertiary/aromatic N) is 1. The number of hydrogen-bond donors (Lipinski definition) is 3. The third kappa shape index (κ3) is 7.38. The van der Waals surface area contributed by atoms with Crippen LogP contribution >= 0.6 is 12.0 Å². The van der Waals surface area contributed by atoms with Crippen LogP contribution in [0.4, 0.5) is 13.2 Å². The summed E-state index contributed by atoms with van der Waals surface area (Å²) in [7, 11) is 0. The first-order chi connectivity index (χ1) is 16.5. The fourth-order valence-corrected chi connectivity index (χ4v) is 4.22. The number of alkyl halides is 3. The number of para-hydroxylation sites is 1. The zero-order valence-electron chi connectivity index (χ0n) is 18.7. The first-order valence-electron chi connectivity index (χ1n) is 10.5. The summed E-state index contributed by atoms with van der Waals surface area (Å²) in [6.45, 7) is 6.02. The molecular weight excluding hydrogens is 487 g/mol. The molecule has 1 aliphatic heterocycles. The van der Waals surface area contributed by atoms with Crippen LogP contribution < -0.4 is 15.2 Å². The molecule has 4 rings (SSSR count). The van der Waals surface area contributed by atoms with Gasteiger partial charge in [0, 0.05) is 48.1 Å². The van der Waals surface area contributed by atoms with Crippen molar-refractivity contribution in [1.29, 1.82) is 0 Å². The zero-order chi connectivity index (χ0) is 25.6. The number of carbonyl (C=O) groups is 2. The number of carboxylic acid groups (broad SMARTS) is 1. The summed E-state index contributed by atoms with van der Waals surface area (Å²) in [5, 5.41) is 11.6. The normalized spacial score (nSPS) is 16.4. The van der Waals surface area contributed by atoms with Crippen LogP contribution in [0.1, 0.15) is 22.8 Å². The summed E-state index contributed by atoms with van der Waals surface area (Å²) in [5.74, 6) is -2.80.